The van der Waals surface area contributed by atoms with Gasteiger partial charge in [-0.25, -0.2) is 0 Å². The summed E-state index contributed by atoms with van der Waals surface area (Å²) in [5.74, 6) is 0. The summed E-state index contributed by atoms with van der Waals surface area (Å²) in [7, 11) is 0. The van der Waals surface area contributed by atoms with Crippen LogP contribution in [0.3, 0.4) is 0 Å². The van der Waals surface area contributed by atoms with Crippen LogP contribution in [0.15, 0.2) is 90.5 Å². The van der Waals surface area contributed by atoms with Gasteiger partial charge in [-0.05, 0) is 70.5 Å². The van der Waals surface area contributed by atoms with Crippen molar-refractivity contribution < 1.29 is 0 Å². The molecule has 2 aliphatic carbocycles. The highest BCUT2D eigenvalue weighted by Crippen LogP contribution is 2.57. The Hall–Kier alpha value is -3.26. The molecular weight excluding hydrogens is 328 g/mol. The summed E-state index contributed by atoms with van der Waals surface area (Å²) in [6, 6.07) is 25.5. The SMILES string of the molecule is Nc1ccc(C2(c3ccc(N)cc3)C3=C(C=CCC3)c3ccccc32)cc1. The maximum atomic E-state index is 6.01. The Bertz CT molecular complexity index is 1020. The number of fused-ring (bicyclic) bond motifs is 2. The van der Waals surface area contributed by atoms with E-state index in [0.29, 0.717) is 0 Å². The van der Waals surface area contributed by atoms with Gasteiger partial charge in [-0.2, -0.15) is 0 Å². The van der Waals surface area contributed by atoms with Crippen molar-refractivity contribution in [2.24, 2.45) is 0 Å². The number of nitrogen functional groups attached to an aromatic ring is 2. The van der Waals surface area contributed by atoms with E-state index in [2.05, 4.69) is 60.7 Å². The summed E-state index contributed by atoms with van der Waals surface area (Å²) in [5.41, 5.74) is 21.3. The number of hydrogen-bond donors (Lipinski definition) is 2. The van der Waals surface area contributed by atoms with Gasteiger partial charge in [0.25, 0.3) is 0 Å². The molecule has 2 nitrogen and oxygen atoms in total. The van der Waals surface area contributed by atoms with Gasteiger partial charge in [-0.3, -0.25) is 0 Å². The molecule has 0 atom stereocenters. The molecule has 2 heteroatoms. The molecule has 2 aliphatic rings. The molecule has 0 spiro atoms. The monoisotopic (exact) mass is 350 g/mol. The molecule has 0 fully saturated rings. The van der Waals surface area contributed by atoms with Gasteiger partial charge < -0.3 is 11.5 Å². The highest BCUT2D eigenvalue weighted by atomic mass is 14.6. The van der Waals surface area contributed by atoms with Crippen LogP contribution in [0.5, 0.6) is 0 Å². The highest BCUT2D eigenvalue weighted by Gasteiger charge is 2.47. The Morgan fingerprint density at radius 1 is 0.704 bits per heavy atom. The predicted octanol–water partition coefficient (Wildman–Crippen LogP) is 5.30. The average molecular weight is 350 g/mol. The summed E-state index contributed by atoms with van der Waals surface area (Å²) < 4.78 is 0. The molecule has 0 aromatic heterocycles. The zero-order valence-electron chi connectivity index (χ0n) is 15.2. The summed E-state index contributed by atoms with van der Waals surface area (Å²) in [4.78, 5) is 0. The van der Waals surface area contributed by atoms with Crippen molar-refractivity contribution in [2.45, 2.75) is 18.3 Å². The van der Waals surface area contributed by atoms with E-state index < -0.39 is 0 Å². The van der Waals surface area contributed by atoms with Crippen molar-refractivity contribution in [2.75, 3.05) is 11.5 Å². The standard InChI is InChI=1S/C25H22N2/c26-19-13-9-17(10-14-19)25(18-11-15-20(27)16-12-18)23-7-3-1-5-21(23)22-6-2-4-8-24(22)25/h1-3,5-7,9-16H,4,8,26-27H2. The largest absolute Gasteiger partial charge is 0.399 e. The van der Waals surface area contributed by atoms with E-state index in [-0.39, 0.29) is 5.41 Å². The van der Waals surface area contributed by atoms with Crippen LogP contribution in [0.2, 0.25) is 0 Å². The summed E-state index contributed by atoms with van der Waals surface area (Å²) in [6.45, 7) is 0. The maximum Gasteiger partial charge on any atom is 0.0676 e. The van der Waals surface area contributed by atoms with Gasteiger partial charge in [0.15, 0.2) is 0 Å². The molecule has 0 saturated carbocycles. The van der Waals surface area contributed by atoms with Gasteiger partial charge in [-0.1, -0.05) is 60.7 Å². The van der Waals surface area contributed by atoms with Crippen LogP contribution < -0.4 is 11.5 Å². The molecule has 0 saturated heterocycles. The van der Waals surface area contributed by atoms with Gasteiger partial charge in [0.1, 0.15) is 0 Å². The van der Waals surface area contributed by atoms with Crippen molar-refractivity contribution in [1.29, 1.82) is 0 Å². The first-order valence-electron chi connectivity index (χ1n) is 9.43. The Morgan fingerprint density at radius 2 is 1.30 bits per heavy atom. The molecule has 0 aliphatic heterocycles. The van der Waals surface area contributed by atoms with E-state index in [1.807, 2.05) is 24.3 Å². The van der Waals surface area contributed by atoms with E-state index in [1.54, 1.807) is 0 Å². The van der Waals surface area contributed by atoms with Gasteiger partial charge in [0.05, 0.1) is 5.41 Å². The second-order valence-corrected chi connectivity index (χ2v) is 7.37. The third kappa shape index (κ3) is 2.20. The van der Waals surface area contributed by atoms with Crippen molar-refractivity contribution in [3.8, 4) is 0 Å². The first-order chi connectivity index (χ1) is 13.2. The van der Waals surface area contributed by atoms with Crippen LogP contribution in [-0.4, -0.2) is 0 Å². The Labute approximate surface area is 159 Å². The minimum absolute atomic E-state index is 0.294. The normalized spacial score (nSPS) is 16.9. The van der Waals surface area contributed by atoms with E-state index >= 15 is 0 Å². The predicted molar refractivity (Wildman–Crippen MR) is 113 cm³/mol. The minimum atomic E-state index is -0.294. The summed E-state index contributed by atoms with van der Waals surface area (Å²) in [6.07, 6.45) is 6.71. The second kappa shape index (κ2) is 5.88. The molecule has 0 heterocycles. The van der Waals surface area contributed by atoms with E-state index in [9.17, 15) is 0 Å². The first-order valence-corrected chi connectivity index (χ1v) is 9.43. The molecule has 27 heavy (non-hydrogen) atoms. The van der Waals surface area contributed by atoms with Gasteiger partial charge in [0.2, 0.25) is 0 Å². The molecule has 5 rings (SSSR count). The summed E-state index contributed by atoms with van der Waals surface area (Å²) in [5, 5.41) is 0. The lowest BCUT2D eigenvalue weighted by Gasteiger charge is -2.36. The van der Waals surface area contributed by atoms with Crippen molar-refractivity contribution >= 4 is 16.9 Å². The van der Waals surface area contributed by atoms with Gasteiger partial charge >= 0.3 is 0 Å². The van der Waals surface area contributed by atoms with Crippen LogP contribution in [0.25, 0.3) is 5.57 Å². The Kier molecular flexibility index (Phi) is 3.48. The second-order valence-electron chi connectivity index (χ2n) is 7.37. The van der Waals surface area contributed by atoms with E-state index in [4.69, 9.17) is 11.5 Å². The lowest BCUT2D eigenvalue weighted by molar-refractivity contribution is 0.697. The van der Waals surface area contributed by atoms with Gasteiger partial charge in [0, 0.05) is 11.4 Å². The lowest BCUT2D eigenvalue weighted by atomic mass is 9.65. The summed E-state index contributed by atoms with van der Waals surface area (Å²) >= 11 is 0. The van der Waals surface area contributed by atoms with E-state index in [0.717, 1.165) is 24.2 Å². The fraction of sp³-hybridized carbons (Fsp3) is 0.120. The molecule has 0 radical (unpaired) electrons. The number of benzene rings is 3. The lowest BCUT2D eigenvalue weighted by Crippen LogP contribution is -2.30. The van der Waals surface area contributed by atoms with Crippen LogP contribution in [-0.2, 0) is 5.41 Å². The van der Waals surface area contributed by atoms with Gasteiger partial charge in [-0.15, -0.1) is 0 Å². The maximum absolute atomic E-state index is 6.01. The molecule has 132 valence electrons. The highest BCUT2D eigenvalue weighted by molar-refractivity contribution is 5.90. The fourth-order valence-corrected chi connectivity index (χ4v) is 4.81. The van der Waals surface area contributed by atoms with Crippen molar-refractivity contribution in [3.05, 3.63) is 113 Å². The first kappa shape index (κ1) is 16.0. The van der Waals surface area contributed by atoms with Crippen LogP contribution in [0.4, 0.5) is 11.4 Å². The molecule has 0 bridgehead atoms. The molecule has 4 N–H and O–H groups in total. The number of hydrogen-bond acceptors (Lipinski definition) is 2. The minimum Gasteiger partial charge on any atom is -0.399 e. The van der Waals surface area contributed by atoms with Crippen molar-refractivity contribution in [3.63, 3.8) is 0 Å². The van der Waals surface area contributed by atoms with Crippen LogP contribution in [0.1, 0.15) is 35.1 Å². The number of anilines is 2. The van der Waals surface area contributed by atoms with Crippen LogP contribution >= 0.6 is 0 Å². The zero-order chi connectivity index (χ0) is 18.4. The average Bonchev–Trinajstić information content (AvgIpc) is 3.01. The smallest absolute Gasteiger partial charge is 0.0676 e. The Morgan fingerprint density at radius 3 is 1.93 bits per heavy atom. The molecular formula is C25H22N2. The molecule has 3 aromatic carbocycles. The molecule has 3 aromatic rings. The fourth-order valence-electron chi connectivity index (χ4n) is 4.81. The number of rotatable bonds is 2. The zero-order valence-corrected chi connectivity index (χ0v) is 15.2. The molecule has 0 amide bonds. The third-order valence-electron chi connectivity index (χ3n) is 5.93. The number of allylic oxidation sites excluding steroid dienone is 4. The quantitative estimate of drug-likeness (QED) is 0.616. The van der Waals surface area contributed by atoms with E-state index in [1.165, 1.54) is 33.4 Å². The Balaban J connectivity index is 1.91. The van der Waals surface area contributed by atoms with Crippen LogP contribution in [0, 0.1) is 0 Å². The molecule has 0 unspecified atom stereocenters. The van der Waals surface area contributed by atoms with Crippen molar-refractivity contribution in [1.82, 2.24) is 0 Å². The third-order valence-corrected chi connectivity index (χ3v) is 5.93. The number of nitrogens with two attached hydrogens (primary N) is 2. The topological polar surface area (TPSA) is 52.0 Å².